The molecule has 0 fully saturated rings. The lowest BCUT2D eigenvalue weighted by Gasteiger charge is -2.24. The van der Waals surface area contributed by atoms with E-state index in [0.29, 0.717) is 0 Å². The van der Waals surface area contributed by atoms with Crippen LogP contribution in [0.25, 0.3) is 0 Å². The van der Waals surface area contributed by atoms with E-state index in [1.165, 1.54) is 4.90 Å². The molecule has 1 aliphatic carbocycles. The van der Waals surface area contributed by atoms with Crippen molar-refractivity contribution in [2.45, 2.75) is 26.2 Å². The molecule has 1 aromatic rings. The van der Waals surface area contributed by atoms with Crippen molar-refractivity contribution in [3.8, 4) is 0 Å². The molecule has 0 radical (unpaired) electrons. The van der Waals surface area contributed by atoms with E-state index in [1.807, 2.05) is 37.3 Å². The molecular formula is C17H22N2O2. The van der Waals surface area contributed by atoms with Gasteiger partial charge >= 0.3 is 0 Å². The zero-order valence-corrected chi connectivity index (χ0v) is 12.6. The number of nitrogens with zero attached hydrogens (tertiary/aromatic N) is 1. The van der Waals surface area contributed by atoms with E-state index in [9.17, 15) is 9.59 Å². The largest absolute Gasteiger partial charge is 0.336 e. The number of carbonyl (C=O) groups is 2. The van der Waals surface area contributed by atoms with Gasteiger partial charge in [0, 0.05) is 18.7 Å². The van der Waals surface area contributed by atoms with Gasteiger partial charge < -0.3 is 10.2 Å². The molecule has 0 heterocycles. The molecule has 0 aromatic heterocycles. The lowest BCUT2D eigenvalue weighted by Crippen LogP contribution is -2.38. The Morgan fingerprint density at radius 3 is 2.57 bits per heavy atom. The van der Waals surface area contributed by atoms with Crippen molar-refractivity contribution in [3.05, 3.63) is 42.0 Å². The van der Waals surface area contributed by atoms with Crippen LogP contribution in [0.5, 0.6) is 0 Å². The molecule has 0 saturated carbocycles. The summed E-state index contributed by atoms with van der Waals surface area (Å²) in [6.07, 6.45) is 6.75. The molecule has 0 saturated heterocycles. The minimum atomic E-state index is -0.166. The molecule has 0 aliphatic heterocycles. The molecule has 112 valence electrons. The summed E-state index contributed by atoms with van der Waals surface area (Å²) in [5.74, 6) is -0.0911. The van der Waals surface area contributed by atoms with Crippen LogP contribution in [-0.4, -0.2) is 30.3 Å². The van der Waals surface area contributed by atoms with Crippen molar-refractivity contribution < 1.29 is 9.59 Å². The van der Waals surface area contributed by atoms with E-state index in [-0.39, 0.29) is 24.3 Å². The highest BCUT2D eigenvalue weighted by Gasteiger charge is 2.23. The van der Waals surface area contributed by atoms with Gasteiger partial charge in [-0.3, -0.25) is 9.59 Å². The Hall–Kier alpha value is -2.10. The number of allylic oxidation sites excluding steroid dienone is 2. The molecule has 1 unspecified atom stereocenters. The summed E-state index contributed by atoms with van der Waals surface area (Å²) in [6.45, 7) is 2.09. The summed E-state index contributed by atoms with van der Waals surface area (Å²) in [6, 6.07) is 7.61. The molecule has 1 aromatic carbocycles. The van der Waals surface area contributed by atoms with E-state index in [0.717, 1.165) is 30.5 Å². The summed E-state index contributed by atoms with van der Waals surface area (Å²) in [4.78, 5) is 25.7. The zero-order chi connectivity index (χ0) is 15.2. The van der Waals surface area contributed by atoms with Crippen molar-refractivity contribution in [1.29, 1.82) is 0 Å². The molecular weight excluding hydrogens is 264 g/mol. The highest BCUT2D eigenvalue weighted by Crippen LogP contribution is 2.20. The van der Waals surface area contributed by atoms with Gasteiger partial charge in [-0.05, 0) is 38.3 Å². The summed E-state index contributed by atoms with van der Waals surface area (Å²) in [7, 11) is 1.69. The molecule has 1 N–H and O–H groups in total. The summed E-state index contributed by atoms with van der Waals surface area (Å²) < 4.78 is 0. The van der Waals surface area contributed by atoms with E-state index < -0.39 is 0 Å². The topological polar surface area (TPSA) is 49.4 Å². The molecule has 0 spiro atoms. The van der Waals surface area contributed by atoms with Crippen LogP contribution in [0.3, 0.4) is 0 Å². The number of aryl methyl sites for hydroxylation is 1. The first-order valence-corrected chi connectivity index (χ1v) is 7.33. The minimum absolute atomic E-state index is 0.0205. The van der Waals surface area contributed by atoms with Crippen LogP contribution in [0.2, 0.25) is 0 Å². The van der Waals surface area contributed by atoms with Crippen LogP contribution in [0.15, 0.2) is 36.4 Å². The fourth-order valence-corrected chi connectivity index (χ4v) is 2.46. The Morgan fingerprint density at radius 1 is 1.24 bits per heavy atom. The number of rotatable bonds is 4. The third-order valence-corrected chi connectivity index (χ3v) is 3.71. The number of likely N-dealkylation sites (N-methyl/N-ethyl adjacent to an activating group) is 1. The Morgan fingerprint density at radius 2 is 1.95 bits per heavy atom. The van der Waals surface area contributed by atoms with Gasteiger partial charge in [-0.1, -0.05) is 29.8 Å². The fourth-order valence-electron chi connectivity index (χ4n) is 2.46. The van der Waals surface area contributed by atoms with Crippen LogP contribution in [0, 0.1) is 12.8 Å². The first kappa shape index (κ1) is 15.3. The minimum Gasteiger partial charge on any atom is -0.336 e. The van der Waals surface area contributed by atoms with Crippen LogP contribution in [-0.2, 0) is 9.59 Å². The Labute approximate surface area is 125 Å². The standard InChI is InChI=1S/C17H22N2O2/c1-13-8-10-15(11-9-13)18-16(20)12-19(2)17(21)14-6-4-3-5-7-14/h3-4,8-11,14H,5-7,12H2,1-2H3,(H,18,20). The van der Waals surface area contributed by atoms with Gasteiger partial charge in [-0.2, -0.15) is 0 Å². The zero-order valence-electron chi connectivity index (χ0n) is 12.6. The predicted octanol–water partition coefficient (Wildman–Crippen LogP) is 2.75. The lowest BCUT2D eigenvalue weighted by molar-refractivity contribution is -0.137. The third kappa shape index (κ3) is 4.45. The molecule has 2 amide bonds. The summed E-state index contributed by atoms with van der Waals surface area (Å²) in [5, 5.41) is 2.81. The Kier molecular flexibility index (Phi) is 5.14. The van der Waals surface area contributed by atoms with E-state index in [2.05, 4.69) is 11.4 Å². The normalized spacial score (nSPS) is 17.3. The van der Waals surface area contributed by atoms with Gasteiger partial charge in [-0.15, -0.1) is 0 Å². The predicted molar refractivity (Wildman–Crippen MR) is 83.9 cm³/mol. The van der Waals surface area contributed by atoms with E-state index in [1.54, 1.807) is 7.05 Å². The monoisotopic (exact) mass is 286 g/mol. The van der Waals surface area contributed by atoms with Crippen molar-refractivity contribution in [1.82, 2.24) is 4.90 Å². The highest BCUT2D eigenvalue weighted by molar-refractivity contribution is 5.94. The third-order valence-electron chi connectivity index (χ3n) is 3.71. The van der Waals surface area contributed by atoms with Gasteiger partial charge in [0.05, 0.1) is 6.54 Å². The maximum Gasteiger partial charge on any atom is 0.243 e. The molecule has 1 aliphatic rings. The summed E-state index contributed by atoms with van der Waals surface area (Å²) in [5.41, 5.74) is 1.90. The van der Waals surface area contributed by atoms with Crippen molar-refractivity contribution in [2.24, 2.45) is 5.92 Å². The second-order valence-electron chi connectivity index (χ2n) is 5.59. The number of nitrogens with one attached hydrogen (secondary N) is 1. The lowest BCUT2D eigenvalue weighted by atomic mass is 9.93. The smallest absolute Gasteiger partial charge is 0.243 e. The second-order valence-corrected chi connectivity index (χ2v) is 5.59. The number of amides is 2. The van der Waals surface area contributed by atoms with Gasteiger partial charge in [0.1, 0.15) is 0 Å². The van der Waals surface area contributed by atoms with Crippen molar-refractivity contribution in [2.75, 3.05) is 18.9 Å². The second kappa shape index (κ2) is 7.07. The van der Waals surface area contributed by atoms with Gasteiger partial charge in [0.15, 0.2) is 0 Å². The van der Waals surface area contributed by atoms with E-state index in [4.69, 9.17) is 0 Å². The van der Waals surface area contributed by atoms with Crippen LogP contribution < -0.4 is 5.32 Å². The van der Waals surface area contributed by atoms with Crippen LogP contribution in [0.1, 0.15) is 24.8 Å². The molecule has 4 nitrogen and oxygen atoms in total. The fraction of sp³-hybridized carbons (Fsp3) is 0.412. The Balaban J connectivity index is 1.85. The van der Waals surface area contributed by atoms with Gasteiger partial charge in [-0.25, -0.2) is 0 Å². The average Bonchev–Trinajstić information content (AvgIpc) is 2.49. The summed E-state index contributed by atoms with van der Waals surface area (Å²) >= 11 is 0. The van der Waals surface area contributed by atoms with Gasteiger partial charge in [0.2, 0.25) is 11.8 Å². The number of hydrogen-bond acceptors (Lipinski definition) is 2. The molecule has 0 bridgehead atoms. The maximum atomic E-state index is 12.2. The first-order chi connectivity index (χ1) is 10.1. The maximum absolute atomic E-state index is 12.2. The first-order valence-electron chi connectivity index (χ1n) is 7.33. The average molecular weight is 286 g/mol. The van der Waals surface area contributed by atoms with Crippen LogP contribution in [0.4, 0.5) is 5.69 Å². The van der Waals surface area contributed by atoms with E-state index >= 15 is 0 Å². The SMILES string of the molecule is Cc1ccc(NC(=O)CN(C)C(=O)C2CC=CCC2)cc1. The Bertz CT molecular complexity index is 534. The highest BCUT2D eigenvalue weighted by atomic mass is 16.2. The van der Waals surface area contributed by atoms with Crippen molar-refractivity contribution >= 4 is 17.5 Å². The molecule has 1 atom stereocenters. The molecule has 21 heavy (non-hydrogen) atoms. The number of anilines is 1. The molecule has 4 heteroatoms. The molecule has 2 rings (SSSR count). The van der Waals surface area contributed by atoms with Gasteiger partial charge in [0.25, 0.3) is 0 Å². The number of benzene rings is 1. The van der Waals surface area contributed by atoms with Crippen LogP contribution >= 0.6 is 0 Å². The number of hydrogen-bond donors (Lipinski definition) is 1. The van der Waals surface area contributed by atoms with Crippen molar-refractivity contribution in [3.63, 3.8) is 0 Å². The quantitative estimate of drug-likeness (QED) is 0.865. The number of carbonyl (C=O) groups excluding carboxylic acids is 2.